The molecule has 0 radical (unpaired) electrons. The number of rotatable bonds is 4. The van der Waals surface area contributed by atoms with Crippen molar-refractivity contribution < 1.29 is 4.79 Å². The minimum absolute atomic E-state index is 0.0853. The van der Waals surface area contributed by atoms with E-state index in [4.69, 9.17) is 5.26 Å². The Balaban J connectivity index is 1.33. The largest absolute Gasteiger partial charge is 0.380 e. The monoisotopic (exact) mass is 349 g/mol. The first-order valence-electron chi connectivity index (χ1n) is 9.26. The molecular formula is C20H23N5O. The minimum atomic E-state index is -0.234. The predicted molar refractivity (Wildman–Crippen MR) is 101 cm³/mol. The number of likely N-dealkylation sites (tertiary alicyclic amines) is 2. The van der Waals surface area contributed by atoms with Crippen molar-refractivity contribution >= 4 is 22.5 Å². The highest BCUT2D eigenvalue weighted by Crippen LogP contribution is 2.21. The molecule has 134 valence electrons. The summed E-state index contributed by atoms with van der Waals surface area (Å²) in [7, 11) is 0. The van der Waals surface area contributed by atoms with E-state index < -0.39 is 0 Å². The van der Waals surface area contributed by atoms with Crippen LogP contribution in [0.2, 0.25) is 0 Å². The van der Waals surface area contributed by atoms with Crippen LogP contribution < -0.4 is 5.32 Å². The van der Waals surface area contributed by atoms with Gasteiger partial charge < -0.3 is 10.2 Å². The molecule has 1 aromatic carbocycles. The maximum absolute atomic E-state index is 12.5. The molecule has 0 aliphatic carbocycles. The molecule has 2 aliphatic rings. The number of hydrogen-bond donors (Lipinski definition) is 1. The molecule has 0 bridgehead atoms. The molecule has 6 heteroatoms. The fourth-order valence-corrected chi connectivity index (χ4v) is 3.96. The standard InChI is InChI=1S/C20H23N5O/c21-11-18-5-3-8-25(18)20(26)14-24-9-7-16(13-24)23-17-10-15-4-1-2-6-19(15)22-12-17/h1-2,4,6,10,12,16,18,23H,3,5,7-9,13-14H2/t16-,18?/m1/s1. The number of para-hydroxylation sites is 1. The van der Waals surface area contributed by atoms with Crippen LogP contribution in [0.3, 0.4) is 0 Å². The molecule has 2 aliphatic heterocycles. The van der Waals surface area contributed by atoms with E-state index in [0.717, 1.165) is 55.5 Å². The molecule has 2 atom stereocenters. The third-order valence-electron chi connectivity index (χ3n) is 5.31. The first-order chi connectivity index (χ1) is 12.7. The highest BCUT2D eigenvalue weighted by atomic mass is 16.2. The number of nitriles is 1. The number of carbonyl (C=O) groups excluding carboxylic acids is 1. The lowest BCUT2D eigenvalue weighted by Gasteiger charge is -2.23. The lowest BCUT2D eigenvalue weighted by molar-refractivity contribution is -0.132. The van der Waals surface area contributed by atoms with Crippen molar-refractivity contribution in [1.29, 1.82) is 5.26 Å². The van der Waals surface area contributed by atoms with Crippen molar-refractivity contribution in [3.63, 3.8) is 0 Å². The summed E-state index contributed by atoms with van der Waals surface area (Å²) in [5, 5.41) is 13.8. The average Bonchev–Trinajstić information content (AvgIpc) is 3.30. The number of aromatic nitrogens is 1. The summed E-state index contributed by atoms with van der Waals surface area (Å²) >= 11 is 0. The van der Waals surface area contributed by atoms with Gasteiger partial charge in [-0.15, -0.1) is 0 Å². The Labute approximate surface area is 153 Å². The van der Waals surface area contributed by atoms with Gasteiger partial charge in [0.15, 0.2) is 0 Å². The average molecular weight is 349 g/mol. The van der Waals surface area contributed by atoms with E-state index in [1.165, 1.54) is 0 Å². The second-order valence-corrected chi connectivity index (χ2v) is 7.16. The van der Waals surface area contributed by atoms with Crippen molar-refractivity contribution in [3.05, 3.63) is 36.5 Å². The Kier molecular flexibility index (Phi) is 4.72. The molecule has 1 N–H and O–H groups in total. The Hall–Kier alpha value is -2.65. The fourth-order valence-electron chi connectivity index (χ4n) is 3.96. The summed E-state index contributed by atoms with van der Waals surface area (Å²) in [5.74, 6) is 0.0853. The molecule has 26 heavy (non-hydrogen) atoms. The highest BCUT2D eigenvalue weighted by Gasteiger charge is 2.31. The number of anilines is 1. The summed E-state index contributed by atoms with van der Waals surface area (Å²) < 4.78 is 0. The number of fused-ring (bicyclic) bond motifs is 1. The first-order valence-corrected chi connectivity index (χ1v) is 9.26. The molecule has 2 saturated heterocycles. The van der Waals surface area contributed by atoms with Crippen LogP contribution >= 0.6 is 0 Å². The molecule has 1 aromatic heterocycles. The van der Waals surface area contributed by atoms with E-state index in [2.05, 4.69) is 33.4 Å². The number of nitrogens with zero attached hydrogens (tertiary/aromatic N) is 4. The van der Waals surface area contributed by atoms with Crippen LogP contribution in [0, 0.1) is 11.3 Å². The van der Waals surface area contributed by atoms with E-state index in [9.17, 15) is 4.79 Å². The zero-order valence-corrected chi connectivity index (χ0v) is 14.8. The molecule has 1 unspecified atom stereocenters. The number of hydrogen-bond acceptors (Lipinski definition) is 5. The van der Waals surface area contributed by atoms with Crippen LogP contribution in [0.15, 0.2) is 36.5 Å². The van der Waals surface area contributed by atoms with Crippen molar-refractivity contribution in [2.75, 3.05) is 31.5 Å². The lowest BCUT2D eigenvalue weighted by Crippen LogP contribution is -2.42. The Morgan fingerprint density at radius 2 is 2.19 bits per heavy atom. The maximum Gasteiger partial charge on any atom is 0.237 e. The van der Waals surface area contributed by atoms with Gasteiger partial charge in [0.1, 0.15) is 6.04 Å². The Morgan fingerprint density at radius 3 is 3.08 bits per heavy atom. The second-order valence-electron chi connectivity index (χ2n) is 7.16. The van der Waals surface area contributed by atoms with Gasteiger partial charge in [-0.1, -0.05) is 18.2 Å². The quantitative estimate of drug-likeness (QED) is 0.916. The summed E-state index contributed by atoms with van der Waals surface area (Å²) in [4.78, 5) is 20.9. The summed E-state index contributed by atoms with van der Waals surface area (Å²) in [6.07, 6.45) is 4.62. The third-order valence-corrected chi connectivity index (χ3v) is 5.31. The van der Waals surface area contributed by atoms with Gasteiger partial charge in [0.25, 0.3) is 0 Å². The fraction of sp³-hybridized carbons (Fsp3) is 0.450. The number of carbonyl (C=O) groups is 1. The van der Waals surface area contributed by atoms with E-state index in [1.54, 1.807) is 4.90 Å². The van der Waals surface area contributed by atoms with Crippen molar-refractivity contribution in [2.45, 2.75) is 31.3 Å². The molecule has 2 aromatic rings. The van der Waals surface area contributed by atoms with E-state index >= 15 is 0 Å². The number of benzene rings is 1. The van der Waals surface area contributed by atoms with Gasteiger partial charge in [0.05, 0.1) is 30.0 Å². The molecule has 1 amide bonds. The molecule has 0 spiro atoms. The van der Waals surface area contributed by atoms with Gasteiger partial charge >= 0.3 is 0 Å². The van der Waals surface area contributed by atoms with Gasteiger partial charge in [-0.25, -0.2) is 0 Å². The molecule has 4 rings (SSSR count). The number of nitrogens with one attached hydrogen (secondary N) is 1. The van der Waals surface area contributed by atoms with Gasteiger partial charge in [0, 0.05) is 31.1 Å². The van der Waals surface area contributed by atoms with Gasteiger partial charge in [-0.3, -0.25) is 14.7 Å². The smallest absolute Gasteiger partial charge is 0.237 e. The van der Waals surface area contributed by atoms with E-state index in [0.29, 0.717) is 12.6 Å². The van der Waals surface area contributed by atoms with Crippen LogP contribution in [-0.2, 0) is 4.79 Å². The summed E-state index contributed by atoms with van der Waals surface area (Å²) in [6.45, 7) is 2.86. The Morgan fingerprint density at radius 1 is 1.31 bits per heavy atom. The van der Waals surface area contributed by atoms with Crippen molar-refractivity contribution in [3.8, 4) is 6.07 Å². The SMILES string of the molecule is N#CC1CCCN1C(=O)CN1CC[C@@H](Nc2cnc3ccccc3c2)C1. The summed E-state index contributed by atoms with van der Waals surface area (Å²) in [5.41, 5.74) is 2.01. The third kappa shape index (κ3) is 3.49. The minimum Gasteiger partial charge on any atom is -0.380 e. The van der Waals surface area contributed by atoms with Crippen molar-refractivity contribution in [2.24, 2.45) is 0 Å². The topological polar surface area (TPSA) is 72.3 Å². The van der Waals surface area contributed by atoms with Gasteiger partial charge in [-0.2, -0.15) is 5.26 Å². The normalized spacial score (nSPS) is 23.3. The van der Waals surface area contributed by atoms with E-state index in [1.807, 2.05) is 24.4 Å². The number of amides is 1. The molecule has 2 fully saturated rings. The summed E-state index contributed by atoms with van der Waals surface area (Å²) in [6, 6.07) is 12.5. The van der Waals surface area contributed by atoms with Gasteiger partial charge in [0.2, 0.25) is 5.91 Å². The van der Waals surface area contributed by atoms with Gasteiger partial charge in [-0.05, 0) is 31.4 Å². The second kappa shape index (κ2) is 7.30. The first kappa shape index (κ1) is 16.8. The van der Waals surface area contributed by atoms with Crippen LogP contribution in [0.1, 0.15) is 19.3 Å². The number of pyridine rings is 1. The van der Waals surface area contributed by atoms with Crippen LogP contribution in [0.25, 0.3) is 10.9 Å². The maximum atomic E-state index is 12.5. The Bertz CT molecular complexity index is 845. The molecule has 6 nitrogen and oxygen atoms in total. The van der Waals surface area contributed by atoms with Crippen LogP contribution in [0.5, 0.6) is 0 Å². The molecular weight excluding hydrogens is 326 g/mol. The van der Waals surface area contributed by atoms with Crippen LogP contribution in [-0.4, -0.2) is 59.0 Å². The zero-order valence-electron chi connectivity index (χ0n) is 14.8. The zero-order chi connectivity index (χ0) is 17.9. The highest BCUT2D eigenvalue weighted by molar-refractivity contribution is 5.81. The predicted octanol–water partition coefficient (Wildman–Crippen LogP) is 2.24. The van der Waals surface area contributed by atoms with E-state index in [-0.39, 0.29) is 11.9 Å². The van der Waals surface area contributed by atoms with Crippen LogP contribution in [0.4, 0.5) is 5.69 Å². The lowest BCUT2D eigenvalue weighted by atomic mass is 10.2. The molecule has 0 saturated carbocycles. The molecule has 3 heterocycles. The van der Waals surface area contributed by atoms with Crippen molar-refractivity contribution in [1.82, 2.24) is 14.8 Å².